The monoisotopic (exact) mass is 378 g/mol. The van der Waals surface area contributed by atoms with Crippen molar-refractivity contribution in [2.24, 2.45) is 5.92 Å². The first-order valence-corrected chi connectivity index (χ1v) is 10.7. The first kappa shape index (κ1) is 18.9. The maximum absolute atomic E-state index is 13.2. The Hall–Kier alpha value is -2.43. The van der Waals surface area contributed by atoms with Crippen LogP contribution in [0, 0.1) is 5.92 Å². The molecule has 2 aromatic rings. The number of piperidine rings is 1. The molecule has 1 aliphatic heterocycles. The molecule has 0 spiro atoms. The summed E-state index contributed by atoms with van der Waals surface area (Å²) in [5, 5.41) is 3.58. The number of anilines is 1. The van der Waals surface area contributed by atoms with Gasteiger partial charge in [0.05, 0.1) is 0 Å². The molecule has 28 heavy (non-hydrogen) atoms. The van der Waals surface area contributed by atoms with Gasteiger partial charge < -0.3 is 10.2 Å². The zero-order valence-electron chi connectivity index (χ0n) is 16.7. The molecule has 4 rings (SSSR count). The third kappa shape index (κ3) is 4.51. The molecular formula is C23H30N4O. The van der Waals surface area contributed by atoms with Gasteiger partial charge in [0.2, 0.25) is 0 Å². The molecule has 5 heteroatoms. The lowest BCUT2D eigenvalue weighted by atomic mass is 9.95. The van der Waals surface area contributed by atoms with Crippen LogP contribution in [0.2, 0.25) is 0 Å². The number of hydrogen-bond acceptors (Lipinski definition) is 4. The summed E-state index contributed by atoms with van der Waals surface area (Å²) in [6, 6.07) is 12.2. The summed E-state index contributed by atoms with van der Waals surface area (Å²) in [6.07, 6.45) is 8.41. The van der Waals surface area contributed by atoms with Crippen LogP contribution in [-0.4, -0.2) is 39.9 Å². The topological polar surface area (TPSA) is 58.1 Å². The molecule has 1 aliphatic carbocycles. The SMILES string of the molecule is CC1CCCN(C(=O)c2cc(NC3CCCCC3)nc(-c3ccccc3)n2)C1. The molecule has 5 nitrogen and oxygen atoms in total. The van der Waals surface area contributed by atoms with Crippen molar-refractivity contribution in [3.05, 3.63) is 42.1 Å². The smallest absolute Gasteiger partial charge is 0.272 e. The summed E-state index contributed by atoms with van der Waals surface area (Å²) in [5.74, 6) is 1.97. The highest BCUT2D eigenvalue weighted by Gasteiger charge is 2.24. The van der Waals surface area contributed by atoms with E-state index in [4.69, 9.17) is 4.98 Å². The van der Waals surface area contributed by atoms with E-state index in [2.05, 4.69) is 17.2 Å². The maximum atomic E-state index is 13.2. The van der Waals surface area contributed by atoms with Gasteiger partial charge in [-0.2, -0.15) is 0 Å². The molecule has 2 heterocycles. The lowest BCUT2D eigenvalue weighted by Gasteiger charge is -2.31. The van der Waals surface area contributed by atoms with Crippen LogP contribution in [0.3, 0.4) is 0 Å². The Labute approximate surface area is 167 Å². The van der Waals surface area contributed by atoms with E-state index in [0.717, 1.165) is 43.7 Å². The maximum Gasteiger partial charge on any atom is 0.272 e. The van der Waals surface area contributed by atoms with Crippen LogP contribution >= 0.6 is 0 Å². The largest absolute Gasteiger partial charge is 0.367 e. The average molecular weight is 379 g/mol. The van der Waals surface area contributed by atoms with Crippen molar-refractivity contribution < 1.29 is 4.79 Å². The van der Waals surface area contributed by atoms with E-state index in [1.807, 2.05) is 41.3 Å². The van der Waals surface area contributed by atoms with Crippen molar-refractivity contribution in [1.29, 1.82) is 0 Å². The number of hydrogen-bond donors (Lipinski definition) is 1. The van der Waals surface area contributed by atoms with Crippen molar-refractivity contribution in [3.8, 4) is 11.4 Å². The van der Waals surface area contributed by atoms with Crippen LogP contribution in [-0.2, 0) is 0 Å². The second kappa shape index (κ2) is 8.72. The van der Waals surface area contributed by atoms with Crippen LogP contribution in [0.15, 0.2) is 36.4 Å². The predicted molar refractivity (Wildman–Crippen MR) is 112 cm³/mol. The molecule has 0 bridgehead atoms. The van der Waals surface area contributed by atoms with Gasteiger partial charge in [-0.1, -0.05) is 56.5 Å². The van der Waals surface area contributed by atoms with Gasteiger partial charge in [-0.25, -0.2) is 9.97 Å². The zero-order chi connectivity index (χ0) is 19.3. The molecule has 0 radical (unpaired) electrons. The van der Waals surface area contributed by atoms with Gasteiger partial charge in [-0.05, 0) is 31.6 Å². The number of carbonyl (C=O) groups is 1. The Bertz CT molecular complexity index is 802. The summed E-state index contributed by atoms with van der Waals surface area (Å²) < 4.78 is 0. The normalized spacial score (nSPS) is 20.8. The van der Waals surface area contributed by atoms with Crippen LogP contribution in [0.25, 0.3) is 11.4 Å². The Balaban J connectivity index is 1.64. The number of rotatable bonds is 4. The Kier molecular flexibility index (Phi) is 5.89. The predicted octanol–water partition coefficient (Wildman–Crippen LogP) is 4.76. The fourth-order valence-electron chi connectivity index (χ4n) is 4.34. The van der Waals surface area contributed by atoms with Crippen molar-refractivity contribution >= 4 is 11.7 Å². The summed E-state index contributed by atoms with van der Waals surface area (Å²) in [4.78, 5) is 24.5. The van der Waals surface area contributed by atoms with Crippen molar-refractivity contribution in [2.75, 3.05) is 18.4 Å². The average Bonchev–Trinajstić information content (AvgIpc) is 2.74. The van der Waals surface area contributed by atoms with E-state index < -0.39 is 0 Å². The van der Waals surface area contributed by atoms with Crippen LogP contribution in [0.5, 0.6) is 0 Å². The van der Waals surface area contributed by atoms with E-state index in [1.165, 1.54) is 25.7 Å². The minimum absolute atomic E-state index is 0.0258. The van der Waals surface area contributed by atoms with Crippen molar-refractivity contribution in [2.45, 2.75) is 57.9 Å². The molecule has 1 atom stereocenters. The number of nitrogens with zero attached hydrogens (tertiary/aromatic N) is 3. The molecule has 2 aliphatic rings. The molecule has 1 aromatic carbocycles. The molecule has 1 unspecified atom stereocenters. The standard InChI is InChI=1S/C23H30N4O/c1-17-9-8-14-27(16-17)23(28)20-15-21(24-19-12-6-3-7-13-19)26-22(25-20)18-10-4-2-5-11-18/h2,4-5,10-11,15,17,19H,3,6-9,12-14,16H2,1H3,(H,24,25,26). The van der Waals surface area contributed by atoms with Gasteiger partial charge in [0.15, 0.2) is 5.82 Å². The second-order valence-electron chi connectivity index (χ2n) is 8.31. The van der Waals surface area contributed by atoms with Crippen LogP contribution in [0.1, 0.15) is 62.4 Å². The van der Waals surface area contributed by atoms with E-state index in [0.29, 0.717) is 23.5 Å². The molecule has 1 saturated heterocycles. The van der Waals surface area contributed by atoms with Crippen LogP contribution < -0.4 is 5.32 Å². The fraction of sp³-hybridized carbons (Fsp3) is 0.522. The summed E-state index contributed by atoms with van der Waals surface area (Å²) >= 11 is 0. The quantitative estimate of drug-likeness (QED) is 0.833. The summed E-state index contributed by atoms with van der Waals surface area (Å²) in [6.45, 7) is 3.85. The highest BCUT2D eigenvalue weighted by Crippen LogP contribution is 2.24. The van der Waals surface area contributed by atoms with E-state index in [-0.39, 0.29) is 5.91 Å². The molecule has 1 aromatic heterocycles. The molecule has 1 amide bonds. The van der Waals surface area contributed by atoms with Gasteiger partial charge in [0.1, 0.15) is 11.5 Å². The third-order valence-electron chi connectivity index (χ3n) is 5.88. The number of likely N-dealkylation sites (tertiary alicyclic amines) is 1. The minimum Gasteiger partial charge on any atom is -0.367 e. The van der Waals surface area contributed by atoms with Crippen LogP contribution in [0.4, 0.5) is 5.82 Å². The minimum atomic E-state index is 0.0258. The number of benzene rings is 1. The van der Waals surface area contributed by atoms with Crippen molar-refractivity contribution in [3.63, 3.8) is 0 Å². The first-order valence-electron chi connectivity index (χ1n) is 10.7. The van der Waals surface area contributed by atoms with Gasteiger partial charge in [-0.3, -0.25) is 4.79 Å². The zero-order valence-corrected chi connectivity index (χ0v) is 16.7. The fourth-order valence-corrected chi connectivity index (χ4v) is 4.34. The lowest BCUT2D eigenvalue weighted by Crippen LogP contribution is -2.39. The number of nitrogens with one attached hydrogen (secondary N) is 1. The van der Waals surface area contributed by atoms with E-state index in [1.54, 1.807) is 0 Å². The van der Waals surface area contributed by atoms with E-state index >= 15 is 0 Å². The van der Waals surface area contributed by atoms with Gasteiger partial charge in [0.25, 0.3) is 5.91 Å². The summed E-state index contributed by atoms with van der Waals surface area (Å²) in [5.41, 5.74) is 1.44. The van der Waals surface area contributed by atoms with Gasteiger partial charge in [-0.15, -0.1) is 0 Å². The Morgan fingerprint density at radius 1 is 1.04 bits per heavy atom. The Morgan fingerprint density at radius 3 is 2.57 bits per heavy atom. The number of aromatic nitrogens is 2. The third-order valence-corrected chi connectivity index (χ3v) is 5.88. The van der Waals surface area contributed by atoms with E-state index in [9.17, 15) is 4.79 Å². The number of carbonyl (C=O) groups excluding carboxylic acids is 1. The molecular weight excluding hydrogens is 348 g/mol. The molecule has 148 valence electrons. The first-order chi connectivity index (χ1) is 13.7. The second-order valence-corrected chi connectivity index (χ2v) is 8.31. The molecule has 1 N–H and O–H groups in total. The van der Waals surface area contributed by atoms with Crippen molar-refractivity contribution in [1.82, 2.24) is 14.9 Å². The number of amides is 1. The lowest BCUT2D eigenvalue weighted by molar-refractivity contribution is 0.0677. The summed E-state index contributed by atoms with van der Waals surface area (Å²) in [7, 11) is 0. The van der Waals surface area contributed by atoms with Gasteiger partial charge in [0, 0.05) is 30.8 Å². The molecule has 1 saturated carbocycles. The van der Waals surface area contributed by atoms with Gasteiger partial charge >= 0.3 is 0 Å². The Morgan fingerprint density at radius 2 is 1.82 bits per heavy atom. The highest BCUT2D eigenvalue weighted by atomic mass is 16.2. The molecule has 2 fully saturated rings. The highest BCUT2D eigenvalue weighted by molar-refractivity contribution is 5.93.